The molecule has 1 unspecified atom stereocenters. The predicted molar refractivity (Wildman–Crippen MR) is 81.5 cm³/mol. The molecule has 1 saturated heterocycles. The first-order chi connectivity index (χ1) is 9.58. The number of halogens is 3. The summed E-state index contributed by atoms with van der Waals surface area (Å²) in [6.45, 7) is 2.05. The maximum atomic E-state index is 12.8. The molecular formula is C13H21ClF2N4S. The lowest BCUT2D eigenvalue weighted by Gasteiger charge is -2.21. The standard InChI is InChI=1S/C13H20F2N4S.ClH/c1-19-11(9-2-5-16-6-3-9)17-18-12(19)20-7-4-10-8-13(10,14)15;/h9-10,16H,2-8H2,1H3;1H. The molecule has 2 aliphatic rings. The maximum absolute atomic E-state index is 12.8. The van der Waals surface area contributed by atoms with Crippen LogP contribution in [-0.2, 0) is 7.05 Å². The summed E-state index contributed by atoms with van der Waals surface area (Å²) in [6, 6.07) is 0. The van der Waals surface area contributed by atoms with Crippen molar-refractivity contribution in [3.63, 3.8) is 0 Å². The van der Waals surface area contributed by atoms with Crippen LogP contribution in [0.1, 0.15) is 37.4 Å². The second-order valence-electron chi connectivity index (χ2n) is 5.72. The molecule has 1 aliphatic heterocycles. The summed E-state index contributed by atoms with van der Waals surface area (Å²) in [4.78, 5) is 0. The summed E-state index contributed by atoms with van der Waals surface area (Å²) >= 11 is 1.54. The number of nitrogens with zero attached hydrogens (tertiary/aromatic N) is 3. The Morgan fingerprint density at radius 1 is 1.33 bits per heavy atom. The van der Waals surface area contributed by atoms with Gasteiger partial charge in [0.2, 0.25) is 0 Å². The highest BCUT2D eigenvalue weighted by Crippen LogP contribution is 2.51. The first kappa shape index (κ1) is 17.0. The van der Waals surface area contributed by atoms with Gasteiger partial charge in [-0.15, -0.1) is 22.6 Å². The van der Waals surface area contributed by atoms with Gasteiger partial charge in [0, 0.05) is 31.1 Å². The summed E-state index contributed by atoms with van der Waals surface area (Å²) < 4.78 is 27.6. The van der Waals surface area contributed by atoms with E-state index in [4.69, 9.17) is 0 Å². The number of piperidine rings is 1. The van der Waals surface area contributed by atoms with Gasteiger partial charge in [-0.3, -0.25) is 0 Å². The lowest BCUT2D eigenvalue weighted by Crippen LogP contribution is -2.27. The molecular weight excluding hydrogens is 318 g/mol. The van der Waals surface area contributed by atoms with Crippen molar-refractivity contribution < 1.29 is 8.78 Å². The highest BCUT2D eigenvalue weighted by Gasteiger charge is 2.55. The Hall–Kier alpha value is -0.400. The van der Waals surface area contributed by atoms with Gasteiger partial charge in [-0.1, -0.05) is 11.8 Å². The van der Waals surface area contributed by atoms with Crippen LogP contribution >= 0.6 is 24.2 Å². The van der Waals surface area contributed by atoms with E-state index < -0.39 is 11.8 Å². The average Bonchev–Trinajstić information content (AvgIpc) is 2.88. The van der Waals surface area contributed by atoms with Crippen molar-refractivity contribution >= 4 is 24.2 Å². The second-order valence-corrected chi connectivity index (χ2v) is 6.79. The molecule has 1 aliphatic carbocycles. The van der Waals surface area contributed by atoms with E-state index >= 15 is 0 Å². The van der Waals surface area contributed by atoms with Crippen molar-refractivity contribution in [2.24, 2.45) is 13.0 Å². The van der Waals surface area contributed by atoms with E-state index in [-0.39, 0.29) is 18.8 Å². The van der Waals surface area contributed by atoms with E-state index in [1.165, 1.54) is 0 Å². The molecule has 4 nitrogen and oxygen atoms in total. The van der Waals surface area contributed by atoms with Gasteiger partial charge in [0.1, 0.15) is 5.82 Å². The van der Waals surface area contributed by atoms with Crippen molar-refractivity contribution in [1.82, 2.24) is 20.1 Å². The molecule has 2 heterocycles. The molecule has 8 heteroatoms. The Kier molecular flexibility index (Phi) is 5.48. The van der Waals surface area contributed by atoms with Gasteiger partial charge < -0.3 is 9.88 Å². The quantitative estimate of drug-likeness (QED) is 0.838. The third-order valence-corrected chi connectivity index (χ3v) is 5.28. The number of thioether (sulfide) groups is 1. The highest BCUT2D eigenvalue weighted by atomic mass is 35.5. The minimum Gasteiger partial charge on any atom is -0.317 e. The van der Waals surface area contributed by atoms with Gasteiger partial charge in [-0.2, -0.15) is 0 Å². The fourth-order valence-corrected chi connectivity index (χ4v) is 3.73. The molecule has 0 spiro atoms. The van der Waals surface area contributed by atoms with Crippen LogP contribution in [-0.4, -0.2) is 39.5 Å². The molecule has 1 saturated carbocycles. The molecule has 1 atom stereocenters. The molecule has 120 valence electrons. The van der Waals surface area contributed by atoms with Gasteiger partial charge in [0.05, 0.1) is 0 Å². The first-order valence-corrected chi connectivity index (χ1v) is 8.17. The van der Waals surface area contributed by atoms with E-state index in [9.17, 15) is 8.78 Å². The van der Waals surface area contributed by atoms with E-state index in [1.54, 1.807) is 11.8 Å². The van der Waals surface area contributed by atoms with E-state index in [0.29, 0.717) is 18.1 Å². The lowest BCUT2D eigenvalue weighted by atomic mass is 9.97. The number of alkyl halides is 2. The molecule has 0 aromatic carbocycles. The van der Waals surface area contributed by atoms with Gasteiger partial charge in [-0.05, 0) is 32.4 Å². The fraction of sp³-hybridized carbons (Fsp3) is 0.846. The molecule has 0 amide bonds. The largest absolute Gasteiger partial charge is 0.317 e. The first-order valence-electron chi connectivity index (χ1n) is 7.18. The Bertz CT molecular complexity index is 477. The van der Waals surface area contributed by atoms with Crippen LogP contribution in [0.5, 0.6) is 0 Å². The van der Waals surface area contributed by atoms with Crippen LogP contribution in [0, 0.1) is 5.92 Å². The number of hydrogen-bond acceptors (Lipinski definition) is 4. The zero-order chi connectivity index (χ0) is 14.2. The molecule has 2 fully saturated rings. The predicted octanol–water partition coefficient (Wildman–Crippen LogP) is 2.84. The Balaban J connectivity index is 0.00000161. The van der Waals surface area contributed by atoms with Crippen molar-refractivity contribution in [2.45, 2.75) is 42.7 Å². The summed E-state index contributed by atoms with van der Waals surface area (Å²) in [7, 11) is 1.98. The van der Waals surface area contributed by atoms with Gasteiger partial charge in [0.25, 0.3) is 5.92 Å². The minimum atomic E-state index is -2.40. The van der Waals surface area contributed by atoms with Crippen LogP contribution in [0.4, 0.5) is 8.78 Å². The van der Waals surface area contributed by atoms with Gasteiger partial charge >= 0.3 is 0 Å². The molecule has 0 radical (unpaired) electrons. The monoisotopic (exact) mass is 338 g/mol. The van der Waals surface area contributed by atoms with Crippen molar-refractivity contribution in [3.8, 4) is 0 Å². The lowest BCUT2D eigenvalue weighted by molar-refractivity contribution is 0.0983. The Labute approximate surface area is 133 Å². The van der Waals surface area contributed by atoms with E-state index in [2.05, 4.69) is 15.5 Å². The number of aromatic nitrogens is 3. The number of rotatable bonds is 5. The van der Waals surface area contributed by atoms with Crippen molar-refractivity contribution in [3.05, 3.63) is 5.82 Å². The Morgan fingerprint density at radius 2 is 2.00 bits per heavy atom. The minimum absolute atomic E-state index is 0. The van der Waals surface area contributed by atoms with Crippen LogP contribution in [0.25, 0.3) is 0 Å². The molecule has 1 N–H and O–H groups in total. The van der Waals surface area contributed by atoms with Crippen LogP contribution in [0.3, 0.4) is 0 Å². The topological polar surface area (TPSA) is 42.7 Å². The molecule has 21 heavy (non-hydrogen) atoms. The van der Waals surface area contributed by atoms with Crippen molar-refractivity contribution in [1.29, 1.82) is 0 Å². The summed E-state index contributed by atoms with van der Waals surface area (Å²) in [5, 5.41) is 12.7. The molecule has 0 bridgehead atoms. The van der Waals surface area contributed by atoms with Gasteiger partial charge in [-0.25, -0.2) is 8.78 Å². The average molecular weight is 339 g/mol. The molecule has 1 aromatic rings. The van der Waals surface area contributed by atoms with Crippen LogP contribution in [0.2, 0.25) is 0 Å². The number of nitrogens with one attached hydrogen (secondary N) is 1. The summed E-state index contributed by atoms with van der Waals surface area (Å²) in [6.07, 6.45) is 2.80. The normalized spacial score (nSPS) is 24.6. The van der Waals surface area contributed by atoms with Crippen LogP contribution < -0.4 is 5.32 Å². The third kappa shape index (κ3) is 3.87. The number of hydrogen-bond donors (Lipinski definition) is 1. The molecule has 1 aromatic heterocycles. The third-order valence-electron chi connectivity index (χ3n) is 4.23. The van der Waals surface area contributed by atoms with E-state index in [0.717, 1.165) is 36.9 Å². The highest BCUT2D eigenvalue weighted by molar-refractivity contribution is 7.99. The maximum Gasteiger partial charge on any atom is 0.251 e. The molecule has 3 rings (SSSR count). The summed E-state index contributed by atoms with van der Waals surface area (Å²) in [5.41, 5.74) is 0. The Morgan fingerprint density at radius 3 is 2.62 bits per heavy atom. The zero-order valence-corrected chi connectivity index (χ0v) is 13.7. The fourth-order valence-electron chi connectivity index (χ4n) is 2.76. The second kappa shape index (κ2) is 6.79. The van der Waals surface area contributed by atoms with E-state index in [1.807, 2.05) is 11.6 Å². The smallest absolute Gasteiger partial charge is 0.251 e. The van der Waals surface area contributed by atoms with Crippen LogP contribution in [0.15, 0.2) is 5.16 Å². The van der Waals surface area contributed by atoms with Crippen molar-refractivity contribution in [2.75, 3.05) is 18.8 Å². The SMILES string of the molecule is Cl.Cn1c(SCCC2CC2(F)F)nnc1C1CCNCC1. The zero-order valence-electron chi connectivity index (χ0n) is 12.0. The van der Waals surface area contributed by atoms with Gasteiger partial charge in [0.15, 0.2) is 5.16 Å². The summed E-state index contributed by atoms with van der Waals surface area (Å²) in [5.74, 6) is -0.618.